The minimum Gasteiger partial charge on any atom is -0.444 e. The Morgan fingerprint density at radius 2 is 2.00 bits per heavy atom. The van der Waals surface area contributed by atoms with E-state index in [0.717, 1.165) is 25.7 Å². The van der Waals surface area contributed by atoms with Crippen molar-refractivity contribution in [2.24, 2.45) is 5.41 Å². The molecule has 4 heteroatoms. The number of rotatable bonds is 3. The molecule has 1 amide bonds. The molecule has 0 aromatic heterocycles. The fourth-order valence-corrected chi connectivity index (χ4v) is 2.18. The zero-order valence-corrected chi connectivity index (χ0v) is 10.9. The average molecular weight is 243 g/mol. The quantitative estimate of drug-likeness (QED) is 0.823. The zero-order chi connectivity index (χ0) is 12.9. The van der Waals surface area contributed by atoms with Gasteiger partial charge in [0.05, 0.1) is 6.33 Å². The second kappa shape index (κ2) is 5.52. The van der Waals surface area contributed by atoms with Crippen molar-refractivity contribution in [3.8, 4) is 0 Å². The van der Waals surface area contributed by atoms with Crippen LogP contribution in [0.2, 0.25) is 0 Å². The second-order valence-corrected chi connectivity index (χ2v) is 5.72. The maximum absolute atomic E-state index is 12.4. The number of carbonyl (C=O) groups is 1. The van der Waals surface area contributed by atoms with Gasteiger partial charge in [0, 0.05) is 12.0 Å². The van der Waals surface area contributed by atoms with Gasteiger partial charge in [-0.3, -0.25) is 0 Å². The number of amides is 1. The van der Waals surface area contributed by atoms with Gasteiger partial charge in [0.25, 0.3) is 0 Å². The molecule has 0 heterocycles. The van der Waals surface area contributed by atoms with Crippen LogP contribution in [0.3, 0.4) is 0 Å². The third-order valence-electron chi connectivity index (χ3n) is 3.00. The van der Waals surface area contributed by atoms with Crippen molar-refractivity contribution >= 4 is 6.09 Å². The molecule has 3 nitrogen and oxygen atoms in total. The minimum atomic E-state index is -0.497. The van der Waals surface area contributed by atoms with E-state index in [4.69, 9.17) is 4.74 Å². The fraction of sp³-hybridized carbons (Fsp3) is 0.769. The maximum Gasteiger partial charge on any atom is 0.407 e. The van der Waals surface area contributed by atoms with Crippen molar-refractivity contribution in [3.05, 3.63) is 12.4 Å². The van der Waals surface area contributed by atoms with Crippen molar-refractivity contribution in [2.75, 3.05) is 6.54 Å². The van der Waals surface area contributed by atoms with Crippen molar-refractivity contribution < 1.29 is 13.9 Å². The second-order valence-electron chi connectivity index (χ2n) is 5.72. The Bertz CT molecular complexity index is 288. The summed E-state index contributed by atoms with van der Waals surface area (Å²) in [4.78, 5) is 11.5. The van der Waals surface area contributed by atoms with Gasteiger partial charge in [-0.1, -0.05) is 12.8 Å². The van der Waals surface area contributed by atoms with Crippen LogP contribution in [-0.2, 0) is 4.74 Å². The van der Waals surface area contributed by atoms with Crippen molar-refractivity contribution in [2.45, 2.75) is 52.1 Å². The Kier molecular flexibility index (Phi) is 4.54. The van der Waals surface area contributed by atoms with Crippen LogP contribution in [-0.4, -0.2) is 18.2 Å². The first-order chi connectivity index (χ1) is 7.87. The summed E-state index contributed by atoms with van der Waals surface area (Å²) >= 11 is 0. The Morgan fingerprint density at radius 1 is 1.41 bits per heavy atom. The van der Waals surface area contributed by atoms with Crippen LogP contribution >= 0.6 is 0 Å². The number of hydrogen-bond acceptors (Lipinski definition) is 2. The first-order valence-electron chi connectivity index (χ1n) is 6.12. The van der Waals surface area contributed by atoms with Gasteiger partial charge in [0.2, 0.25) is 0 Å². The highest BCUT2D eigenvalue weighted by Crippen LogP contribution is 2.38. The lowest BCUT2D eigenvalue weighted by Crippen LogP contribution is -2.38. The molecular weight excluding hydrogens is 221 g/mol. The van der Waals surface area contributed by atoms with E-state index in [2.05, 4.69) is 5.32 Å². The van der Waals surface area contributed by atoms with Gasteiger partial charge < -0.3 is 10.1 Å². The monoisotopic (exact) mass is 243 g/mol. The predicted octanol–water partition coefficient (Wildman–Crippen LogP) is 3.55. The van der Waals surface area contributed by atoms with Gasteiger partial charge >= 0.3 is 6.09 Å². The zero-order valence-electron chi connectivity index (χ0n) is 10.9. The number of alkyl carbamates (subject to hydrolysis) is 1. The molecule has 0 saturated heterocycles. The summed E-state index contributed by atoms with van der Waals surface area (Å²) in [6.45, 7) is 5.90. The van der Waals surface area contributed by atoms with E-state index in [9.17, 15) is 9.18 Å². The molecule has 0 radical (unpaired) electrons. The third-order valence-corrected chi connectivity index (χ3v) is 3.00. The highest BCUT2D eigenvalue weighted by atomic mass is 19.1. The molecule has 1 fully saturated rings. The molecule has 0 spiro atoms. The Balaban J connectivity index is 2.45. The van der Waals surface area contributed by atoms with E-state index in [1.807, 2.05) is 20.8 Å². The summed E-state index contributed by atoms with van der Waals surface area (Å²) in [6.07, 6.45) is 5.73. The van der Waals surface area contributed by atoms with Gasteiger partial charge in [0.1, 0.15) is 5.60 Å². The standard InChI is InChI=1S/C13H22FNO2/c1-12(2,3)17-11(16)15-10-13(8-9-14)6-4-5-7-13/h8-9H,4-7,10H2,1-3H3,(H,15,16)/b9-8-. The molecule has 1 rings (SSSR count). The van der Waals surface area contributed by atoms with Crippen LogP contribution in [0, 0.1) is 5.41 Å². The van der Waals surface area contributed by atoms with E-state index in [1.165, 1.54) is 0 Å². The summed E-state index contributed by atoms with van der Waals surface area (Å²) in [5, 5.41) is 2.73. The first kappa shape index (κ1) is 14.0. The number of nitrogens with one attached hydrogen (secondary N) is 1. The van der Waals surface area contributed by atoms with Crippen LogP contribution < -0.4 is 5.32 Å². The van der Waals surface area contributed by atoms with Crippen LogP contribution in [0.1, 0.15) is 46.5 Å². The van der Waals surface area contributed by atoms with Crippen molar-refractivity contribution in [3.63, 3.8) is 0 Å². The van der Waals surface area contributed by atoms with Crippen LogP contribution in [0.25, 0.3) is 0 Å². The number of carbonyl (C=O) groups excluding carboxylic acids is 1. The molecule has 98 valence electrons. The molecule has 1 N–H and O–H groups in total. The molecule has 0 aliphatic heterocycles. The minimum absolute atomic E-state index is 0.217. The number of hydrogen-bond donors (Lipinski definition) is 1. The van der Waals surface area contributed by atoms with Gasteiger partial charge in [-0.05, 0) is 39.7 Å². The van der Waals surface area contributed by atoms with Gasteiger partial charge in [0.15, 0.2) is 0 Å². The van der Waals surface area contributed by atoms with Crippen molar-refractivity contribution in [1.29, 1.82) is 0 Å². The average Bonchev–Trinajstić information content (AvgIpc) is 2.62. The van der Waals surface area contributed by atoms with Crippen LogP contribution in [0.4, 0.5) is 9.18 Å². The Labute approximate surface area is 102 Å². The number of halogens is 1. The molecule has 1 aliphatic carbocycles. The molecule has 0 aromatic carbocycles. The molecular formula is C13H22FNO2. The Morgan fingerprint density at radius 3 is 2.47 bits per heavy atom. The molecule has 0 aromatic rings. The van der Waals surface area contributed by atoms with Gasteiger partial charge in [-0.2, -0.15) is 0 Å². The largest absolute Gasteiger partial charge is 0.444 e. The SMILES string of the molecule is CC(C)(C)OC(=O)NCC1(/C=C\F)CCCC1. The van der Waals surface area contributed by atoms with E-state index in [1.54, 1.807) is 6.08 Å². The molecule has 1 aliphatic rings. The summed E-state index contributed by atoms with van der Waals surface area (Å²) in [7, 11) is 0. The Hall–Kier alpha value is -1.06. The summed E-state index contributed by atoms with van der Waals surface area (Å²) < 4.78 is 17.5. The van der Waals surface area contributed by atoms with E-state index < -0.39 is 11.7 Å². The number of ether oxygens (including phenoxy) is 1. The summed E-state index contributed by atoms with van der Waals surface area (Å²) in [6, 6.07) is 0. The van der Waals surface area contributed by atoms with E-state index in [0.29, 0.717) is 12.9 Å². The summed E-state index contributed by atoms with van der Waals surface area (Å²) in [5.41, 5.74) is -0.714. The van der Waals surface area contributed by atoms with Gasteiger partial charge in [-0.15, -0.1) is 0 Å². The van der Waals surface area contributed by atoms with Crippen LogP contribution in [0.15, 0.2) is 12.4 Å². The fourth-order valence-electron chi connectivity index (χ4n) is 2.18. The molecule has 0 unspecified atom stereocenters. The molecule has 0 atom stereocenters. The van der Waals surface area contributed by atoms with Gasteiger partial charge in [-0.25, -0.2) is 9.18 Å². The topological polar surface area (TPSA) is 38.3 Å². The third kappa shape index (κ3) is 4.75. The summed E-state index contributed by atoms with van der Waals surface area (Å²) in [5.74, 6) is 0. The predicted molar refractivity (Wildman–Crippen MR) is 65.4 cm³/mol. The van der Waals surface area contributed by atoms with Crippen molar-refractivity contribution in [1.82, 2.24) is 5.32 Å². The smallest absolute Gasteiger partial charge is 0.407 e. The van der Waals surface area contributed by atoms with E-state index >= 15 is 0 Å². The van der Waals surface area contributed by atoms with E-state index in [-0.39, 0.29) is 5.41 Å². The highest BCUT2D eigenvalue weighted by Gasteiger charge is 2.32. The highest BCUT2D eigenvalue weighted by molar-refractivity contribution is 5.67. The maximum atomic E-state index is 12.4. The molecule has 1 saturated carbocycles. The first-order valence-corrected chi connectivity index (χ1v) is 6.12. The normalized spacial score (nSPS) is 19.5. The van der Waals surface area contributed by atoms with Crippen LogP contribution in [0.5, 0.6) is 0 Å². The lowest BCUT2D eigenvalue weighted by molar-refractivity contribution is 0.0509. The molecule has 0 bridgehead atoms. The lowest BCUT2D eigenvalue weighted by Gasteiger charge is -2.26. The lowest BCUT2D eigenvalue weighted by atomic mass is 9.86. The molecule has 17 heavy (non-hydrogen) atoms.